The molecule has 120 valence electrons. The van der Waals surface area contributed by atoms with Gasteiger partial charge >= 0.3 is 0 Å². The molecule has 0 bridgehead atoms. The van der Waals surface area contributed by atoms with Crippen LogP contribution in [0, 0.1) is 6.92 Å². The van der Waals surface area contributed by atoms with E-state index in [0.29, 0.717) is 0 Å². The van der Waals surface area contributed by atoms with Gasteiger partial charge < -0.3 is 9.64 Å². The van der Waals surface area contributed by atoms with E-state index in [2.05, 4.69) is 31.2 Å². The van der Waals surface area contributed by atoms with E-state index in [1.165, 1.54) is 5.56 Å². The van der Waals surface area contributed by atoms with Crippen LogP contribution in [0.5, 0.6) is 0 Å². The first-order valence-electron chi connectivity index (χ1n) is 8.16. The van der Waals surface area contributed by atoms with Gasteiger partial charge in [0.15, 0.2) is 0 Å². The van der Waals surface area contributed by atoms with Gasteiger partial charge in [0.2, 0.25) is 5.91 Å². The van der Waals surface area contributed by atoms with Crippen molar-refractivity contribution in [2.45, 2.75) is 37.8 Å². The fraction of sp³-hybridized carbons (Fsp3) is 0.611. The number of hydrogen-bond donors (Lipinski definition) is 0. The zero-order valence-corrected chi connectivity index (χ0v) is 13.8. The van der Waals surface area contributed by atoms with Gasteiger partial charge in [0, 0.05) is 13.1 Å². The molecule has 2 saturated heterocycles. The van der Waals surface area contributed by atoms with Crippen molar-refractivity contribution in [3.8, 4) is 0 Å². The first-order chi connectivity index (χ1) is 10.5. The van der Waals surface area contributed by atoms with Crippen molar-refractivity contribution < 1.29 is 9.53 Å². The molecule has 4 nitrogen and oxygen atoms in total. The molecule has 1 atom stereocenters. The third-order valence-corrected chi connectivity index (χ3v) is 5.10. The molecule has 0 saturated carbocycles. The maximum Gasteiger partial charge on any atom is 0.244 e. The van der Waals surface area contributed by atoms with Gasteiger partial charge in [-0.25, -0.2) is 0 Å². The molecule has 1 aromatic carbocycles. The Kier molecular flexibility index (Phi) is 4.24. The lowest BCUT2D eigenvalue weighted by molar-refractivity contribution is -0.177. The molecule has 3 rings (SSSR count). The summed E-state index contributed by atoms with van der Waals surface area (Å²) in [5, 5.41) is 0. The Labute approximate surface area is 133 Å². The summed E-state index contributed by atoms with van der Waals surface area (Å²) in [6.45, 7) is 4.58. The summed E-state index contributed by atoms with van der Waals surface area (Å²) in [5.41, 5.74) is 2.38. The van der Waals surface area contributed by atoms with Crippen molar-refractivity contribution in [1.29, 1.82) is 0 Å². The number of carbonyl (C=O) groups is 1. The minimum Gasteiger partial charge on any atom is -0.375 e. The second-order valence-electron chi connectivity index (χ2n) is 6.88. The van der Waals surface area contributed by atoms with Crippen LogP contribution >= 0.6 is 0 Å². The Hall–Kier alpha value is -1.39. The second-order valence-corrected chi connectivity index (χ2v) is 6.88. The Morgan fingerprint density at radius 1 is 1.18 bits per heavy atom. The van der Waals surface area contributed by atoms with Crippen molar-refractivity contribution in [3.05, 3.63) is 35.4 Å². The molecule has 2 aliphatic heterocycles. The molecule has 0 radical (unpaired) electrons. The minimum atomic E-state index is -0.197. The molecule has 0 unspecified atom stereocenters. The highest BCUT2D eigenvalue weighted by atomic mass is 16.5. The van der Waals surface area contributed by atoms with E-state index in [4.69, 9.17) is 4.74 Å². The number of carbonyl (C=O) groups excluding carboxylic acids is 1. The van der Waals surface area contributed by atoms with Crippen LogP contribution in [-0.2, 0) is 9.53 Å². The lowest BCUT2D eigenvalue weighted by atomic mass is 9.84. The Morgan fingerprint density at radius 2 is 1.77 bits per heavy atom. The third kappa shape index (κ3) is 2.90. The summed E-state index contributed by atoms with van der Waals surface area (Å²) in [5.74, 6) is 0.211. The summed E-state index contributed by atoms with van der Waals surface area (Å²) >= 11 is 0. The lowest BCUT2D eigenvalue weighted by Crippen LogP contribution is -2.54. The number of ether oxygens (including phenoxy) is 1. The number of piperidine rings is 1. The standard InChI is InChI=1S/C18H26N2O2/c1-14-4-6-15(7-5-14)16(19(2)3)17(21)20-11-8-18(9-12-20)10-13-22-18/h4-7,16H,8-13H2,1-3H3/t16-/m0/s1. The van der Waals surface area contributed by atoms with Crippen LogP contribution in [-0.4, -0.2) is 55.1 Å². The van der Waals surface area contributed by atoms with Crippen molar-refractivity contribution in [3.63, 3.8) is 0 Å². The van der Waals surface area contributed by atoms with Gasteiger partial charge in [0.25, 0.3) is 0 Å². The van der Waals surface area contributed by atoms with Crippen LogP contribution in [0.1, 0.15) is 36.4 Å². The zero-order chi connectivity index (χ0) is 15.7. The lowest BCUT2D eigenvalue weighted by Gasteiger charge is -2.48. The molecule has 0 aliphatic carbocycles. The maximum absolute atomic E-state index is 13.0. The van der Waals surface area contributed by atoms with Crippen LogP contribution < -0.4 is 0 Å². The number of benzene rings is 1. The molecule has 2 aliphatic rings. The fourth-order valence-corrected chi connectivity index (χ4v) is 3.50. The van der Waals surface area contributed by atoms with Gasteiger partial charge in [-0.3, -0.25) is 9.69 Å². The smallest absolute Gasteiger partial charge is 0.244 e. The molecule has 1 amide bonds. The minimum absolute atomic E-state index is 0.0915. The third-order valence-electron chi connectivity index (χ3n) is 5.10. The summed E-state index contributed by atoms with van der Waals surface area (Å²) < 4.78 is 5.74. The average Bonchev–Trinajstić information content (AvgIpc) is 2.47. The molecule has 0 N–H and O–H groups in total. The Bertz CT molecular complexity index is 525. The topological polar surface area (TPSA) is 32.8 Å². The molecule has 2 heterocycles. The molecule has 22 heavy (non-hydrogen) atoms. The van der Waals surface area contributed by atoms with E-state index in [0.717, 1.165) is 44.5 Å². The van der Waals surface area contributed by atoms with Gasteiger partial charge in [-0.2, -0.15) is 0 Å². The van der Waals surface area contributed by atoms with Crippen molar-refractivity contribution in [2.75, 3.05) is 33.8 Å². The predicted molar refractivity (Wildman–Crippen MR) is 86.7 cm³/mol. The fourth-order valence-electron chi connectivity index (χ4n) is 3.50. The van der Waals surface area contributed by atoms with Crippen molar-refractivity contribution in [1.82, 2.24) is 9.80 Å². The summed E-state index contributed by atoms with van der Waals surface area (Å²) in [7, 11) is 3.95. The van der Waals surface area contributed by atoms with E-state index in [-0.39, 0.29) is 17.6 Å². The van der Waals surface area contributed by atoms with E-state index in [1.807, 2.05) is 23.9 Å². The number of likely N-dealkylation sites (tertiary alicyclic amines) is 1. The molecular formula is C18H26N2O2. The van der Waals surface area contributed by atoms with E-state index in [1.54, 1.807) is 0 Å². The van der Waals surface area contributed by atoms with E-state index in [9.17, 15) is 4.79 Å². The van der Waals surface area contributed by atoms with Gasteiger partial charge in [-0.15, -0.1) is 0 Å². The molecule has 0 aromatic heterocycles. The van der Waals surface area contributed by atoms with Crippen molar-refractivity contribution >= 4 is 5.91 Å². The van der Waals surface area contributed by atoms with Crippen LogP contribution in [0.15, 0.2) is 24.3 Å². The monoisotopic (exact) mass is 302 g/mol. The van der Waals surface area contributed by atoms with Gasteiger partial charge in [-0.1, -0.05) is 29.8 Å². The van der Waals surface area contributed by atoms with Crippen LogP contribution in [0.3, 0.4) is 0 Å². The number of hydrogen-bond acceptors (Lipinski definition) is 3. The highest BCUT2D eigenvalue weighted by molar-refractivity contribution is 5.83. The van der Waals surface area contributed by atoms with E-state index >= 15 is 0 Å². The normalized spacial score (nSPS) is 21.7. The second kappa shape index (κ2) is 6.01. The number of likely N-dealkylation sites (N-methyl/N-ethyl adjacent to an activating group) is 1. The molecular weight excluding hydrogens is 276 g/mol. The highest BCUT2D eigenvalue weighted by Gasteiger charge is 2.43. The summed E-state index contributed by atoms with van der Waals surface area (Å²) in [6, 6.07) is 8.09. The van der Waals surface area contributed by atoms with Gasteiger partial charge in [0.05, 0.1) is 12.2 Å². The molecule has 2 fully saturated rings. The molecule has 1 spiro atoms. The van der Waals surface area contributed by atoms with Crippen molar-refractivity contribution in [2.24, 2.45) is 0 Å². The number of amides is 1. The average molecular weight is 302 g/mol. The quantitative estimate of drug-likeness (QED) is 0.859. The zero-order valence-electron chi connectivity index (χ0n) is 13.8. The van der Waals surface area contributed by atoms with E-state index < -0.39 is 0 Å². The highest BCUT2D eigenvalue weighted by Crippen LogP contribution is 2.37. The van der Waals surface area contributed by atoms with Crippen LogP contribution in [0.25, 0.3) is 0 Å². The number of nitrogens with zero attached hydrogens (tertiary/aromatic N) is 2. The maximum atomic E-state index is 13.0. The van der Waals surface area contributed by atoms with Gasteiger partial charge in [-0.05, 0) is 45.8 Å². The van der Waals surface area contributed by atoms with Crippen LogP contribution in [0.2, 0.25) is 0 Å². The van der Waals surface area contributed by atoms with Gasteiger partial charge in [0.1, 0.15) is 6.04 Å². The first-order valence-corrected chi connectivity index (χ1v) is 8.16. The van der Waals surface area contributed by atoms with Crippen LogP contribution in [0.4, 0.5) is 0 Å². The molecule has 4 heteroatoms. The number of rotatable bonds is 3. The molecule has 1 aromatic rings. The Morgan fingerprint density at radius 3 is 2.23 bits per heavy atom. The largest absolute Gasteiger partial charge is 0.375 e. The number of aryl methyl sites for hydroxylation is 1. The SMILES string of the molecule is Cc1ccc([C@@H](C(=O)N2CCC3(CCO3)CC2)N(C)C)cc1. The summed E-state index contributed by atoms with van der Waals surface area (Å²) in [4.78, 5) is 17.0. The first kappa shape index (κ1) is 15.5. The Balaban J connectivity index is 1.71. The summed E-state index contributed by atoms with van der Waals surface area (Å²) in [6.07, 6.45) is 3.11. The predicted octanol–water partition coefficient (Wildman–Crippen LogP) is 2.38.